The Labute approximate surface area is 136 Å². The van der Waals surface area contributed by atoms with Crippen LogP contribution >= 0.6 is 11.6 Å². The Morgan fingerprint density at radius 2 is 2.27 bits per heavy atom. The van der Waals surface area contributed by atoms with Crippen LogP contribution in [0.15, 0.2) is 0 Å². The predicted octanol–water partition coefficient (Wildman–Crippen LogP) is 2.51. The highest BCUT2D eigenvalue weighted by Crippen LogP contribution is 2.38. The van der Waals surface area contributed by atoms with Crippen LogP contribution in [0.3, 0.4) is 0 Å². The van der Waals surface area contributed by atoms with Gasteiger partial charge >= 0.3 is 0 Å². The van der Waals surface area contributed by atoms with E-state index in [0.717, 1.165) is 76.2 Å². The fourth-order valence-electron chi connectivity index (χ4n) is 3.64. The second-order valence-electron chi connectivity index (χ2n) is 6.66. The normalized spacial score (nSPS) is 25.8. The lowest BCUT2D eigenvalue weighted by molar-refractivity contribution is -0.132. The van der Waals surface area contributed by atoms with Gasteiger partial charge in [-0.3, -0.25) is 9.69 Å². The molecule has 1 aromatic rings. The van der Waals surface area contributed by atoms with E-state index >= 15 is 0 Å². The highest BCUT2D eigenvalue weighted by atomic mass is 35.5. The van der Waals surface area contributed by atoms with Gasteiger partial charge in [-0.15, -0.1) is 0 Å². The zero-order valence-corrected chi connectivity index (χ0v) is 14.0. The monoisotopic (exact) mass is 324 g/mol. The molecule has 1 spiro atoms. The van der Waals surface area contributed by atoms with E-state index in [1.165, 1.54) is 0 Å². The second kappa shape index (κ2) is 6.59. The molecule has 1 amide bonds. The van der Waals surface area contributed by atoms with Crippen molar-refractivity contribution in [2.75, 3.05) is 19.6 Å². The summed E-state index contributed by atoms with van der Waals surface area (Å²) in [6, 6.07) is 0. The number of aryl methyl sites for hydroxylation is 1. The highest BCUT2D eigenvalue weighted by molar-refractivity contribution is 6.30. The van der Waals surface area contributed by atoms with Gasteiger partial charge in [-0.2, -0.15) is 0 Å². The summed E-state index contributed by atoms with van der Waals surface area (Å²) in [7, 11) is 0. The zero-order valence-electron chi connectivity index (χ0n) is 13.3. The minimum absolute atomic E-state index is 0.171. The largest absolute Gasteiger partial charge is 0.356 e. The standard InChI is InChI=1S/C16H25ClN4O/c1-2-3-5-13-19-12(14(17)20-13)10-21-9-7-16(11-21)6-4-8-18-15(16)22/h2-11H2,1H3,(H,18,22)(H,19,20). The van der Waals surface area contributed by atoms with Crippen LogP contribution in [0.25, 0.3) is 0 Å². The summed E-state index contributed by atoms with van der Waals surface area (Å²) in [4.78, 5) is 22.3. The number of piperidine rings is 1. The van der Waals surface area contributed by atoms with Gasteiger partial charge in [-0.05, 0) is 32.2 Å². The number of carbonyl (C=O) groups is 1. The van der Waals surface area contributed by atoms with Crippen LogP contribution in [0.5, 0.6) is 0 Å². The fraction of sp³-hybridized carbons (Fsp3) is 0.750. The Hall–Kier alpha value is -1.07. The number of imidazole rings is 1. The number of carbonyl (C=O) groups excluding carboxylic acids is 1. The minimum Gasteiger partial charge on any atom is -0.356 e. The SMILES string of the molecule is CCCCc1nc(Cl)c(CN2CCC3(CCCNC3=O)C2)[nH]1. The highest BCUT2D eigenvalue weighted by Gasteiger charge is 2.45. The first-order valence-electron chi connectivity index (χ1n) is 8.37. The lowest BCUT2D eigenvalue weighted by Gasteiger charge is -2.32. The Morgan fingerprint density at radius 1 is 1.41 bits per heavy atom. The average molecular weight is 325 g/mol. The number of rotatable bonds is 5. The van der Waals surface area contributed by atoms with Crippen molar-refractivity contribution in [1.29, 1.82) is 0 Å². The van der Waals surface area contributed by atoms with Crippen LogP contribution in [0, 0.1) is 5.41 Å². The van der Waals surface area contributed by atoms with Crippen molar-refractivity contribution in [2.45, 2.75) is 52.0 Å². The number of amides is 1. The number of nitrogens with zero attached hydrogens (tertiary/aromatic N) is 2. The Bertz CT molecular complexity index is 544. The lowest BCUT2D eigenvalue weighted by atomic mass is 9.79. The summed E-state index contributed by atoms with van der Waals surface area (Å²) < 4.78 is 0. The number of hydrogen-bond donors (Lipinski definition) is 2. The van der Waals surface area contributed by atoms with Gasteiger partial charge < -0.3 is 10.3 Å². The summed E-state index contributed by atoms with van der Waals surface area (Å²) in [5, 5.41) is 3.61. The molecule has 0 aromatic carbocycles. The molecule has 122 valence electrons. The molecule has 2 aliphatic heterocycles. The van der Waals surface area contributed by atoms with Gasteiger partial charge in [0, 0.05) is 26.1 Å². The number of likely N-dealkylation sites (tertiary alicyclic amines) is 1. The van der Waals surface area contributed by atoms with Crippen LogP contribution in [0.1, 0.15) is 50.5 Å². The second-order valence-corrected chi connectivity index (χ2v) is 7.01. The topological polar surface area (TPSA) is 61.0 Å². The van der Waals surface area contributed by atoms with Crippen LogP contribution in [-0.4, -0.2) is 40.4 Å². The number of aromatic nitrogens is 2. The van der Waals surface area contributed by atoms with E-state index in [-0.39, 0.29) is 11.3 Å². The first-order chi connectivity index (χ1) is 10.6. The van der Waals surface area contributed by atoms with Crippen LogP contribution in [0.4, 0.5) is 0 Å². The Kier molecular flexibility index (Phi) is 4.73. The maximum absolute atomic E-state index is 12.2. The molecular weight excluding hydrogens is 300 g/mol. The number of aromatic amines is 1. The number of H-pyrrole nitrogens is 1. The Morgan fingerprint density at radius 3 is 3.05 bits per heavy atom. The molecule has 1 atom stereocenters. The van der Waals surface area contributed by atoms with E-state index < -0.39 is 0 Å². The molecular formula is C16H25ClN4O. The summed E-state index contributed by atoms with van der Waals surface area (Å²) >= 11 is 6.26. The molecule has 22 heavy (non-hydrogen) atoms. The first-order valence-corrected chi connectivity index (χ1v) is 8.75. The number of nitrogens with one attached hydrogen (secondary N) is 2. The van der Waals surface area contributed by atoms with E-state index in [1.54, 1.807) is 0 Å². The molecule has 2 aliphatic rings. The zero-order chi connectivity index (χ0) is 15.6. The minimum atomic E-state index is -0.171. The molecule has 2 saturated heterocycles. The van der Waals surface area contributed by atoms with Crippen molar-refractivity contribution in [3.8, 4) is 0 Å². The van der Waals surface area contributed by atoms with Crippen molar-refractivity contribution < 1.29 is 4.79 Å². The van der Waals surface area contributed by atoms with Crippen molar-refractivity contribution >= 4 is 17.5 Å². The van der Waals surface area contributed by atoms with Gasteiger partial charge in [-0.25, -0.2) is 4.98 Å². The summed E-state index contributed by atoms with van der Waals surface area (Å²) in [5.41, 5.74) is 0.816. The quantitative estimate of drug-likeness (QED) is 0.875. The molecule has 1 unspecified atom stereocenters. The third-order valence-corrected chi connectivity index (χ3v) is 5.27. The molecule has 2 N–H and O–H groups in total. The number of halogens is 1. The predicted molar refractivity (Wildman–Crippen MR) is 86.8 cm³/mol. The van der Waals surface area contributed by atoms with E-state index in [1.807, 2.05) is 0 Å². The molecule has 3 rings (SSSR count). The van der Waals surface area contributed by atoms with Gasteiger partial charge in [0.15, 0.2) is 5.15 Å². The van der Waals surface area contributed by atoms with Crippen molar-refractivity contribution in [1.82, 2.24) is 20.2 Å². The third kappa shape index (κ3) is 3.15. The first kappa shape index (κ1) is 15.8. The maximum Gasteiger partial charge on any atom is 0.227 e. The van der Waals surface area contributed by atoms with E-state index in [4.69, 9.17) is 11.6 Å². The molecule has 0 radical (unpaired) electrons. The Balaban J connectivity index is 1.62. The van der Waals surface area contributed by atoms with Gasteiger partial charge in [0.25, 0.3) is 0 Å². The van der Waals surface area contributed by atoms with E-state index in [2.05, 4.69) is 27.1 Å². The van der Waals surface area contributed by atoms with Gasteiger partial charge in [0.05, 0.1) is 11.1 Å². The summed E-state index contributed by atoms with van der Waals surface area (Å²) in [6.45, 7) is 5.54. The van der Waals surface area contributed by atoms with Gasteiger partial charge in [-0.1, -0.05) is 24.9 Å². The molecule has 1 aromatic heterocycles. The molecule has 2 fully saturated rings. The molecule has 0 bridgehead atoms. The summed E-state index contributed by atoms with van der Waals surface area (Å²) in [5.74, 6) is 1.21. The number of hydrogen-bond acceptors (Lipinski definition) is 3. The molecule has 0 saturated carbocycles. The van der Waals surface area contributed by atoms with E-state index in [9.17, 15) is 4.79 Å². The molecule has 0 aliphatic carbocycles. The molecule has 3 heterocycles. The van der Waals surface area contributed by atoms with Crippen LogP contribution in [0.2, 0.25) is 5.15 Å². The summed E-state index contributed by atoms with van der Waals surface area (Å²) in [6.07, 6.45) is 6.27. The van der Waals surface area contributed by atoms with Crippen LogP contribution < -0.4 is 5.32 Å². The smallest absolute Gasteiger partial charge is 0.227 e. The van der Waals surface area contributed by atoms with Gasteiger partial charge in [0.1, 0.15) is 5.82 Å². The molecule has 6 heteroatoms. The van der Waals surface area contributed by atoms with Crippen molar-refractivity contribution in [3.05, 3.63) is 16.7 Å². The maximum atomic E-state index is 12.2. The fourth-order valence-corrected chi connectivity index (χ4v) is 3.85. The third-order valence-electron chi connectivity index (χ3n) is 4.96. The van der Waals surface area contributed by atoms with Crippen LogP contribution in [-0.2, 0) is 17.8 Å². The molecule has 5 nitrogen and oxygen atoms in total. The van der Waals surface area contributed by atoms with E-state index in [0.29, 0.717) is 5.15 Å². The van der Waals surface area contributed by atoms with Gasteiger partial charge in [0.2, 0.25) is 5.91 Å². The lowest BCUT2D eigenvalue weighted by Crippen LogP contribution is -2.47. The number of unbranched alkanes of at least 4 members (excludes halogenated alkanes) is 1. The average Bonchev–Trinajstić information content (AvgIpc) is 3.06. The van der Waals surface area contributed by atoms with Crippen molar-refractivity contribution in [2.24, 2.45) is 5.41 Å². The van der Waals surface area contributed by atoms with Crippen molar-refractivity contribution in [3.63, 3.8) is 0 Å².